The SMILES string of the molecule is CCC(C(=O)Nc1ccc(C)c(C)c1)N(c1cccc(C)c1)S(C)(=O)=O. The topological polar surface area (TPSA) is 66.5 Å². The molecule has 0 fully saturated rings. The molecule has 0 aromatic heterocycles. The van der Waals surface area contributed by atoms with Gasteiger partial charge in [-0.2, -0.15) is 0 Å². The van der Waals surface area contributed by atoms with Crippen LogP contribution in [0.2, 0.25) is 0 Å². The highest BCUT2D eigenvalue weighted by Gasteiger charge is 2.31. The van der Waals surface area contributed by atoms with Gasteiger partial charge >= 0.3 is 0 Å². The van der Waals surface area contributed by atoms with Crippen LogP contribution in [0.15, 0.2) is 42.5 Å². The fourth-order valence-electron chi connectivity index (χ4n) is 2.87. The molecule has 0 saturated carbocycles. The molecule has 0 aliphatic rings. The second-order valence-electron chi connectivity index (χ2n) is 6.61. The quantitative estimate of drug-likeness (QED) is 0.836. The standard InChI is InChI=1S/C20H26N2O3S/c1-6-19(20(23)21-17-11-10-15(3)16(4)13-17)22(26(5,24)25)18-9-7-8-14(2)12-18/h7-13,19H,6H2,1-5H3,(H,21,23). The largest absolute Gasteiger partial charge is 0.324 e. The lowest BCUT2D eigenvalue weighted by Gasteiger charge is -2.30. The zero-order chi connectivity index (χ0) is 19.5. The number of carbonyl (C=O) groups is 1. The number of amides is 1. The Morgan fingerprint density at radius 2 is 1.77 bits per heavy atom. The monoisotopic (exact) mass is 374 g/mol. The Balaban J connectivity index is 2.38. The van der Waals surface area contributed by atoms with Crippen molar-refractivity contribution in [3.63, 3.8) is 0 Å². The van der Waals surface area contributed by atoms with Gasteiger partial charge in [0.2, 0.25) is 15.9 Å². The zero-order valence-electron chi connectivity index (χ0n) is 15.9. The van der Waals surface area contributed by atoms with E-state index in [0.717, 1.165) is 22.9 Å². The highest BCUT2D eigenvalue weighted by molar-refractivity contribution is 7.92. The molecule has 5 nitrogen and oxygen atoms in total. The van der Waals surface area contributed by atoms with Crippen molar-refractivity contribution in [3.05, 3.63) is 59.2 Å². The van der Waals surface area contributed by atoms with Crippen molar-refractivity contribution in [1.82, 2.24) is 0 Å². The van der Waals surface area contributed by atoms with Crippen molar-refractivity contribution in [2.24, 2.45) is 0 Å². The van der Waals surface area contributed by atoms with Crippen LogP contribution in [0.1, 0.15) is 30.0 Å². The molecule has 0 aliphatic heterocycles. The second-order valence-corrected chi connectivity index (χ2v) is 8.47. The van der Waals surface area contributed by atoms with Gasteiger partial charge in [-0.25, -0.2) is 8.42 Å². The van der Waals surface area contributed by atoms with Crippen molar-refractivity contribution in [3.8, 4) is 0 Å². The molecule has 2 aromatic carbocycles. The average molecular weight is 375 g/mol. The van der Waals surface area contributed by atoms with E-state index < -0.39 is 16.1 Å². The highest BCUT2D eigenvalue weighted by atomic mass is 32.2. The Kier molecular flexibility index (Phi) is 6.08. The molecule has 6 heteroatoms. The minimum Gasteiger partial charge on any atom is -0.324 e. The summed E-state index contributed by atoms with van der Waals surface area (Å²) in [6, 6.07) is 12.0. The van der Waals surface area contributed by atoms with Crippen molar-refractivity contribution in [2.45, 2.75) is 40.2 Å². The number of hydrogen-bond donors (Lipinski definition) is 1. The molecule has 1 unspecified atom stereocenters. The van der Waals surface area contributed by atoms with Crippen LogP contribution in [0, 0.1) is 20.8 Å². The predicted octanol–water partition coefficient (Wildman–Crippen LogP) is 3.80. The molecule has 0 aliphatic carbocycles. The second kappa shape index (κ2) is 7.91. The molecule has 2 rings (SSSR count). The summed E-state index contributed by atoms with van der Waals surface area (Å²) >= 11 is 0. The molecular weight excluding hydrogens is 348 g/mol. The average Bonchev–Trinajstić information content (AvgIpc) is 2.54. The van der Waals surface area contributed by atoms with E-state index in [2.05, 4.69) is 5.32 Å². The summed E-state index contributed by atoms with van der Waals surface area (Å²) in [6.07, 6.45) is 1.49. The lowest BCUT2D eigenvalue weighted by Crippen LogP contribution is -2.47. The van der Waals surface area contributed by atoms with E-state index in [1.807, 2.05) is 45.0 Å². The first-order chi connectivity index (χ1) is 12.1. The van der Waals surface area contributed by atoms with E-state index in [1.165, 1.54) is 4.31 Å². The molecule has 0 radical (unpaired) electrons. The van der Waals surface area contributed by atoms with E-state index in [-0.39, 0.29) is 5.91 Å². The number of nitrogens with one attached hydrogen (secondary N) is 1. The number of sulfonamides is 1. The van der Waals surface area contributed by atoms with Crippen LogP contribution in [0.5, 0.6) is 0 Å². The normalized spacial score (nSPS) is 12.5. The highest BCUT2D eigenvalue weighted by Crippen LogP contribution is 2.24. The van der Waals surface area contributed by atoms with E-state index >= 15 is 0 Å². The van der Waals surface area contributed by atoms with Gasteiger partial charge in [-0.3, -0.25) is 9.10 Å². The summed E-state index contributed by atoms with van der Waals surface area (Å²) < 4.78 is 26.1. The van der Waals surface area contributed by atoms with Crippen LogP contribution in [0.3, 0.4) is 0 Å². The van der Waals surface area contributed by atoms with Crippen molar-refractivity contribution in [1.29, 1.82) is 0 Å². The molecule has 26 heavy (non-hydrogen) atoms. The number of carbonyl (C=O) groups excluding carboxylic acids is 1. The maximum Gasteiger partial charge on any atom is 0.248 e. The zero-order valence-corrected chi connectivity index (χ0v) is 16.7. The van der Waals surface area contributed by atoms with Crippen LogP contribution >= 0.6 is 0 Å². The summed E-state index contributed by atoms with van der Waals surface area (Å²) in [4.78, 5) is 12.9. The fraction of sp³-hybridized carbons (Fsp3) is 0.350. The minimum absolute atomic E-state index is 0.345. The van der Waals surface area contributed by atoms with Crippen LogP contribution in [-0.4, -0.2) is 26.6 Å². The van der Waals surface area contributed by atoms with E-state index in [1.54, 1.807) is 25.1 Å². The Hall–Kier alpha value is -2.34. The number of hydrogen-bond acceptors (Lipinski definition) is 3. The van der Waals surface area contributed by atoms with Gasteiger partial charge in [0.1, 0.15) is 6.04 Å². The Morgan fingerprint density at radius 3 is 2.31 bits per heavy atom. The first-order valence-electron chi connectivity index (χ1n) is 8.57. The molecule has 1 atom stereocenters. The Bertz CT molecular complexity index is 907. The molecule has 2 aromatic rings. The molecular formula is C20H26N2O3S. The third-order valence-electron chi connectivity index (χ3n) is 4.36. The number of rotatable bonds is 6. The van der Waals surface area contributed by atoms with E-state index in [4.69, 9.17) is 0 Å². The lowest BCUT2D eigenvalue weighted by molar-refractivity contribution is -0.117. The van der Waals surface area contributed by atoms with Gasteiger partial charge in [0, 0.05) is 5.69 Å². The lowest BCUT2D eigenvalue weighted by atomic mass is 10.1. The van der Waals surface area contributed by atoms with Crippen molar-refractivity contribution < 1.29 is 13.2 Å². The van der Waals surface area contributed by atoms with E-state index in [0.29, 0.717) is 17.8 Å². The summed E-state index contributed by atoms with van der Waals surface area (Å²) in [5.41, 5.74) is 4.28. The summed E-state index contributed by atoms with van der Waals surface area (Å²) in [6.45, 7) is 7.66. The maximum absolute atomic E-state index is 12.9. The van der Waals surface area contributed by atoms with Gasteiger partial charge in [0.25, 0.3) is 0 Å². The summed E-state index contributed by atoms with van der Waals surface area (Å²) in [5, 5.41) is 2.85. The number of nitrogens with zero attached hydrogens (tertiary/aromatic N) is 1. The smallest absolute Gasteiger partial charge is 0.248 e. The molecule has 0 spiro atoms. The third-order valence-corrected chi connectivity index (χ3v) is 5.54. The first-order valence-corrected chi connectivity index (χ1v) is 10.4. The maximum atomic E-state index is 12.9. The van der Waals surface area contributed by atoms with Gasteiger partial charge in [0.05, 0.1) is 11.9 Å². The van der Waals surface area contributed by atoms with Crippen molar-refractivity contribution in [2.75, 3.05) is 15.9 Å². The van der Waals surface area contributed by atoms with Gasteiger partial charge in [-0.1, -0.05) is 25.1 Å². The summed E-state index contributed by atoms with van der Waals surface area (Å²) in [5.74, 6) is -0.345. The molecule has 0 saturated heterocycles. The van der Waals surface area contributed by atoms with Gasteiger partial charge < -0.3 is 5.32 Å². The Morgan fingerprint density at radius 1 is 1.08 bits per heavy atom. The van der Waals surface area contributed by atoms with Gasteiger partial charge in [-0.15, -0.1) is 0 Å². The third kappa shape index (κ3) is 4.64. The Labute approximate surface area is 156 Å². The molecule has 140 valence electrons. The van der Waals surface area contributed by atoms with Gasteiger partial charge in [-0.05, 0) is 68.1 Å². The molecule has 1 N–H and O–H groups in total. The van der Waals surface area contributed by atoms with Crippen molar-refractivity contribution >= 4 is 27.3 Å². The van der Waals surface area contributed by atoms with Crippen LogP contribution in [0.4, 0.5) is 11.4 Å². The number of aryl methyl sites for hydroxylation is 3. The number of benzene rings is 2. The predicted molar refractivity (Wildman–Crippen MR) is 107 cm³/mol. The molecule has 0 bridgehead atoms. The molecule has 1 amide bonds. The van der Waals surface area contributed by atoms with Crippen LogP contribution < -0.4 is 9.62 Å². The summed E-state index contributed by atoms with van der Waals surface area (Å²) in [7, 11) is -3.63. The molecule has 0 heterocycles. The fourth-order valence-corrected chi connectivity index (χ4v) is 4.07. The number of anilines is 2. The van der Waals surface area contributed by atoms with Gasteiger partial charge in [0.15, 0.2) is 0 Å². The van der Waals surface area contributed by atoms with Crippen LogP contribution in [-0.2, 0) is 14.8 Å². The van der Waals surface area contributed by atoms with Crippen LogP contribution in [0.25, 0.3) is 0 Å². The minimum atomic E-state index is -3.63. The van der Waals surface area contributed by atoms with E-state index in [9.17, 15) is 13.2 Å². The first kappa shape index (κ1) is 20.0.